The molecule has 20 heavy (non-hydrogen) atoms. The first-order valence-electron chi connectivity index (χ1n) is 6.55. The number of nitrogens with one attached hydrogen (secondary N) is 2. The van der Waals surface area contributed by atoms with Gasteiger partial charge in [0.15, 0.2) is 0 Å². The van der Waals surface area contributed by atoms with Crippen LogP contribution in [0.1, 0.15) is 6.42 Å². The monoisotopic (exact) mass is 297 g/mol. The normalized spacial score (nSPS) is 21.8. The molecule has 1 aromatic carbocycles. The van der Waals surface area contributed by atoms with Crippen molar-refractivity contribution < 1.29 is 9.53 Å². The molecule has 2 atom stereocenters. The predicted octanol–water partition coefficient (Wildman–Crippen LogP) is 1.72. The zero-order valence-electron chi connectivity index (χ0n) is 11.9. The molecule has 1 aliphatic rings. The lowest BCUT2D eigenvalue weighted by Crippen LogP contribution is -2.35. The second-order valence-electron chi connectivity index (χ2n) is 5.10. The molecule has 2 unspecified atom stereocenters. The summed E-state index contributed by atoms with van der Waals surface area (Å²) in [7, 11) is 5.51. The molecular formula is C14H20ClN3O2. The third-order valence-electron chi connectivity index (χ3n) is 3.44. The number of amides is 1. The van der Waals surface area contributed by atoms with Crippen LogP contribution >= 0.6 is 11.6 Å². The van der Waals surface area contributed by atoms with Crippen LogP contribution in [0.4, 0.5) is 11.4 Å². The Hall–Kier alpha value is -1.30. The maximum absolute atomic E-state index is 12.1. The van der Waals surface area contributed by atoms with E-state index < -0.39 is 0 Å². The van der Waals surface area contributed by atoms with Crippen LogP contribution in [0.3, 0.4) is 0 Å². The standard InChI is InChI=1S/C14H20ClN3O2/c1-18(2)13-5-4-9(6-11(13)15)17-14(19)12-7-10(20-3)8-16-12/h4-6,10,12,16H,7-8H2,1-3H3,(H,17,19). The summed E-state index contributed by atoms with van der Waals surface area (Å²) < 4.78 is 5.23. The van der Waals surface area contributed by atoms with Crippen LogP contribution in [0.5, 0.6) is 0 Å². The molecule has 0 radical (unpaired) electrons. The van der Waals surface area contributed by atoms with Gasteiger partial charge in [0.1, 0.15) is 0 Å². The van der Waals surface area contributed by atoms with Gasteiger partial charge in [0.05, 0.1) is 22.9 Å². The highest BCUT2D eigenvalue weighted by Crippen LogP contribution is 2.27. The second kappa shape index (κ2) is 6.43. The van der Waals surface area contributed by atoms with E-state index in [2.05, 4.69) is 10.6 Å². The van der Waals surface area contributed by atoms with Gasteiger partial charge in [0.25, 0.3) is 0 Å². The van der Waals surface area contributed by atoms with Gasteiger partial charge in [-0.1, -0.05) is 11.6 Å². The Bertz CT molecular complexity index is 493. The van der Waals surface area contributed by atoms with Crippen LogP contribution in [0.15, 0.2) is 18.2 Å². The lowest BCUT2D eigenvalue weighted by molar-refractivity contribution is -0.118. The molecule has 110 valence electrons. The fourth-order valence-corrected chi connectivity index (χ4v) is 2.61. The smallest absolute Gasteiger partial charge is 0.241 e. The summed E-state index contributed by atoms with van der Waals surface area (Å²) in [6.07, 6.45) is 0.789. The summed E-state index contributed by atoms with van der Waals surface area (Å²) >= 11 is 6.18. The molecule has 6 heteroatoms. The van der Waals surface area contributed by atoms with E-state index in [0.717, 1.165) is 5.69 Å². The molecule has 0 spiro atoms. The van der Waals surface area contributed by atoms with Crippen LogP contribution in [-0.4, -0.2) is 45.8 Å². The summed E-state index contributed by atoms with van der Waals surface area (Å²) in [5.74, 6) is -0.0572. The molecule has 1 amide bonds. The average Bonchev–Trinajstić information content (AvgIpc) is 2.87. The van der Waals surface area contributed by atoms with Gasteiger partial charge in [-0.05, 0) is 24.6 Å². The van der Waals surface area contributed by atoms with Crippen molar-refractivity contribution in [2.45, 2.75) is 18.6 Å². The van der Waals surface area contributed by atoms with Crippen molar-refractivity contribution in [3.8, 4) is 0 Å². The topological polar surface area (TPSA) is 53.6 Å². The van der Waals surface area contributed by atoms with E-state index in [9.17, 15) is 4.79 Å². The van der Waals surface area contributed by atoms with Gasteiger partial charge in [0, 0.05) is 33.4 Å². The molecular weight excluding hydrogens is 278 g/mol. The maximum atomic E-state index is 12.1. The minimum absolute atomic E-state index is 0.0572. The number of hydrogen-bond acceptors (Lipinski definition) is 4. The van der Waals surface area contributed by atoms with Crippen molar-refractivity contribution in [2.24, 2.45) is 0 Å². The summed E-state index contributed by atoms with van der Waals surface area (Å²) in [4.78, 5) is 14.0. The number of carbonyl (C=O) groups excluding carboxylic acids is 1. The number of carbonyl (C=O) groups is 1. The van der Waals surface area contributed by atoms with Crippen LogP contribution in [0.25, 0.3) is 0 Å². The number of halogens is 1. The predicted molar refractivity (Wildman–Crippen MR) is 81.6 cm³/mol. The highest BCUT2D eigenvalue weighted by atomic mass is 35.5. The Morgan fingerprint density at radius 1 is 1.50 bits per heavy atom. The maximum Gasteiger partial charge on any atom is 0.241 e. The lowest BCUT2D eigenvalue weighted by Gasteiger charge is -2.16. The van der Waals surface area contributed by atoms with Gasteiger partial charge in [-0.2, -0.15) is 0 Å². The molecule has 1 saturated heterocycles. The van der Waals surface area contributed by atoms with Crippen molar-refractivity contribution in [2.75, 3.05) is 38.0 Å². The lowest BCUT2D eigenvalue weighted by atomic mass is 10.2. The Balaban J connectivity index is 2.00. The molecule has 2 N–H and O–H groups in total. The van der Waals surface area contributed by atoms with Crippen molar-refractivity contribution >= 4 is 28.9 Å². The highest BCUT2D eigenvalue weighted by Gasteiger charge is 2.29. The first kappa shape index (κ1) is 15.1. The number of hydrogen-bond donors (Lipinski definition) is 2. The first-order chi connectivity index (χ1) is 9.51. The molecule has 0 bridgehead atoms. The summed E-state index contributed by atoms with van der Waals surface area (Å²) in [5.41, 5.74) is 1.62. The third-order valence-corrected chi connectivity index (χ3v) is 3.74. The van der Waals surface area contributed by atoms with Gasteiger partial charge in [-0.25, -0.2) is 0 Å². The summed E-state index contributed by atoms with van der Waals surface area (Å²) in [6, 6.07) is 5.28. The largest absolute Gasteiger partial charge is 0.380 e. The number of ether oxygens (including phenoxy) is 1. The third kappa shape index (κ3) is 3.42. The quantitative estimate of drug-likeness (QED) is 0.888. The number of rotatable bonds is 4. The molecule has 0 aliphatic carbocycles. The van der Waals surface area contributed by atoms with Crippen molar-refractivity contribution in [1.29, 1.82) is 0 Å². The van der Waals surface area contributed by atoms with Crippen molar-refractivity contribution in [3.63, 3.8) is 0 Å². The minimum atomic E-state index is -0.216. The summed E-state index contributed by atoms with van der Waals surface area (Å²) in [6.45, 7) is 0.703. The van der Waals surface area contributed by atoms with Gasteiger partial charge in [-0.3, -0.25) is 4.79 Å². The first-order valence-corrected chi connectivity index (χ1v) is 6.93. The van der Waals surface area contributed by atoms with Gasteiger partial charge in [-0.15, -0.1) is 0 Å². The number of methoxy groups -OCH3 is 1. The van der Waals surface area contributed by atoms with E-state index in [1.54, 1.807) is 13.2 Å². The number of benzene rings is 1. The fourth-order valence-electron chi connectivity index (χ4n) is 2.26. The molecule has 1 aliphatic heterocycles. The molecule has 2 rings (SSSR count). The SMILES string of the molecule is COC1CNC(C(=O)Nc2ccc(N(C)C)c(Cl)c2)C1. The molecule has 1 fully saturated rings. The molecule has 1 heterocycles. The zero-order valence-corrected chi connectivity index (χ0v) is 12.7. The van der Waals surface area contributed by atoms with Crippen LogP contribution in [-0.2, 0) is 9.53 Å². The summed E-state index contributed by atoms with van der Waals surface area (Å²) in [5, 5.41) is 6.63. The van der Waals surface area contributed by atoms with Gasteiger partial charge >= 0.3 is 0 Å². The average molecular weight is 298 g/mol. The Kier molecular flexibility index (Phi) is 4.86. The Labute approximate surface area is 124 Å². The molecule has 1 aromatic rings. The number of nitrogens with zero attached hydrogens (tertiary/aromatic N) is 1. The van der Waals surface area contributed by atoms with Gasteiger partial charge < -0.3 is 20.3 Å². The van der Waals surface area contributed by atoms with E-state index in [0.29, 0.717) is 23.7 Å². The van der Waals surface area contributed by atoms with Crippen LogP contribution in [0, 0.1) is 0 Å². The van der Waals surface area contributed by atoms with E-state index >= 15 is 0 Å². The Morgan fingerprint density at radius 2 is 2.25 bits per heavy atom. The zero-order chi connectivity index (χ0) is 14.7. The molecule has 0 aromatic heterocycles. The van der Waals surface area contributed by atoms with Crippen molar-refractivity contribution in [3.05, 3.63) is 23.2 Å². The van der Waals surface area contributed by atoms with E-state index in [1.165, 1.54) is 0 Å². The number of anilines is 2. The van der Waals surface area contributed by atoms with Crippen LogP contribution < -0.4 is 15.5 Å². The van der Waals surface area contributed by atoms with E-state index in [1.807, 2.05) is 31.1 Å². The Morgan fingerprint density at radius 3 is 2.80 bits per heavy atom. The molecule has 5 nitrogen and oxygen atoms in total. The minimum Gasteiger partial charge on any atom is -0.380 e. The second-order valence-corrected chi connectivity index (χ2v) is 5.51. The van der Waals surface area contributed by atoms with Crippen molar-refractivity contribution in [1.82, 2.24) is 5.32 Å². The van der Waals surface area contributed by atoms with Gasteiger partial charge in [0.2, 0.25) is 5.91 Å². The van der Waals surface area contributed by atoms with E-state index in [4.69, 9.17) is 16.3 Å². The highest BCUT2D eigenvalue weighted by molar-refractivity contribution is 6.33. The van der Waals surface area contributed by atoms with E-state index in [-0.39, 0.29) is 18.1 Å². The van der Waals surface area contributed by atoms with Crippen LogP contribution in [0.2, 0.25) is 5.02 Å². The fraction of sp³-hybridized carbons (Fsp3) is 0.500. The molecule has 0 saturated carbocycles.